The second-order valence-corrected chi connectivity index (χ2v) is 9.71. The van der Waals surface area contributed by atoms with Gasteiger partial charge < -0.3 is 9.32 Å². The maximum atomic E-state index is 12.4. The Balaban J connectivity index is 1.46. The van der Waals surface area contributed by atoms with E-state index in [1.807, 2.05) is 13.0 Å². The zero-order valence-electron chi connectivity index (χ0n) is 15.3. The molecule has 1 saturated heterocycles. The number of hydrogen-bond donors (Lipinski definition) is 1. The second kappa shape index (κ2) is 8.86. The second-order valence-electron chi connectivity index (χ2n) is 6.54. The highest BCUT2D eigenvalue weighted by molar-refractivity contribution is 7.91. The van der Waals surface area contributed by atoms with Gasteiger partial charge in [0.05, 0.1) is 6.26 Å². The molecule has 0 aliphatic carbocycles. The maximum absolute atomic E-state index is 12.4. The Morgan fingerprint density at radius 2 is 2.11 bits per heavy atom. The van der Waals surface area contributed by atoms with Crippen LogP contribution in [-0.4, -0.2) is 38.9 Å². The third kappa shape index (κ3) is 5.31. The van der Waals surface area contributed by atoms with Gasteiger partial charge in [-0.15, -0.1) is 11.3 Å². The molecule has 1 fully saturated rings. The minimum atomic E-state index is -3.45. The average molecular weight is 409 g/mol. The highest BCUT2D eigenvalue weighted by Gasteiger charge is 2.24. The summed E-state index contributed by atoms with van der Waals surface area (Å²) >= 11 is 1.32. The monoisotopic (exact) mass is 408 g/mol. The molecule has 0 spiro atoms. The van der Waals surface area contributed by atoms with Crippen molar-refractivity contribution in [2.45, 2.75) is 30.4 Å². The number of carbonyl (C=O) groups excluding carboxylic acids is 1. The summed E-state index contributed by atoms with van der Waals surface area (Å²) in [5.74, 6) is 0.840. The lowest BCUT2D eigenvalue weighted by Gasteiger charge is -2.31. The Labute approximate surface area is 163 Å². The van der Waals surface area contributed by atoms with Crippen molar-refractivity contribution in [2.24, 2.45) is 5.92 Å². The summed E-state index contributed by atoms with van der Waals surface area (Å²) in [5.41, 5.74) is 0. The number of nitrogens with zero attached hydrogens (tertiary/aromatic N) is 1. The van der Waals surface area contributed by atoms with E-state index in [-0.39, 0.29) is 11.8 Å². The number of sulfonamides is 1. The van der Waals surface area contributed by atoms with Crippen LogP contribution in [0.4, 0.5) is 0 Å². The first-order valence-corrected chi connectivity index (χ1v) is 11.4. The summed E-state index contributed by atoms with van der Waals surface area (Å²) in [6.07, 6.45) is 7.15. The molecule has 0 aromatic carbocycles. The van der Waals surface area contributed by atoms with E-state index in [4.69, 9.17) is 4.42 Å². The van der Waals surface area contributed by atoms with Crippen LogP contribution in [0.3, 0.4) is 0 Å². The fraction of sp³-hybridized carbons (Fsp3) is 0.421. The maximum Gasteiger partial charge on any atom is 0.250 e. The number of likely N-dealkylation sites (tertiary alicyclic amines) is 1. The SMILES string of the molecule is CCc1ccc(S(=O)(=O)NCC2CCN(C(=O)/C=C/c3ccco3)CC2)s1. The molecule has 3 rings (SSSR count). The van der Waals surface area contributed by atoms with Gasteiger partial charge in [0, 0.05) is 30.6 Å². The zero-order chi connectivity index (χ0) is 19.3. The van der Waals surface area contributed by atoms with Crippen LogP contribution in [0.5, 0.6) is 0 Å². The average Bonchev–Trinajstić information content (AvgIpc) is 3.36. The van der Waals surface area contributed by atoms with Crippen molar-refractivity contribution in [1.29, 1.82) is 0 Å². The zero-order valence-corrected chi connectivity index (χ0v) is 16.9. The first kappa shape index (κ1) is 19.9. The number of piperidine rings is 1. The molecule has 1 amide bonds. The summed E-state index contributed by atoms with van der Waals surface area (Å²) in [5, 5.41) is 0. The molecule has 146 valence electrons. The van der Waals surface area contributed by atoms with E-state index in [0.29, 0.717) is 29.6 Å². The van der Waals surface area contributed by atoms with E-state index < -0.39 is 10.0 Å². The molecule has 0 radical (unpaired) electrons. The molecule has 8 heteroatoms. The summed E-state index contributed by atoms with van der Waals surface area (Å²) in [7, 11) is -3.45. The number of hydrogen-bond acceptors (Lipinski definition) is 5. The molecule has 6 nitrogen and oxygen atoms in total. The van der Waals surface area contributed by atoms with E-state index in [9.17, 15) is 13.2 Å². The minimum Gasteiger partial charge on any atom is -0.465 e. The van der Waals surface area contributed by atoms with Crippen molar-refractivity contribution in [3.05, 3.63) is 47.2 Å². The van der Waals surface area contributed by atoms with E-state index in [2.05, 4.69) is 4.72 Å². The molecular weight excluding hydrogens is 384 g/mol. The van der Waals surface area contributed by atoms with E-state index in [0.717, 1.165) is 24.1 Å². The molecule has 27 heavy (non-hydrogen) atoms. The molecule has 1 N–H and O–H groups in total. The molecule has 2 aromatic rings. The number of thiophene rings is 1. The van der Waals surface area contributed by atoms with Crippen molar-refractivity contribution >= 4 is 33.3 Å². The lowest BCUT2D eigenvalue weighted by Crippen LogP contribution is -2.40. The molecule has 0 unspecified atom stereocenters. The van der Waals surface area contributed by atoms with E-state index in [1.165, 1.54) is 17.4 Å². The van der Waals surface area contributed by atoms with Gasteiger partial charge in [0.15, 0.2) is 0 Å². The largest absolute Gasteiger partial charge is 0.465 e. The third-order valence-corrected chi connectivity index (χ3v) is 7.82. The Morgan fingerprint density at radius 1 is 1.33 bits per heavy atom. The number of rotatable bonds is 7. The van der Waals surface area contributed by atoms with Crippen molar-refractivity contribution in [3.63, 3.8) is 0 Å². The highest BCUT2D eigenvalue weighted by Crippen LogP contribution is 2.23. The fourth-order valence-electron chi connectivity index (χ4n) is 2.99. The van der Waals surface area contributed by atoms with Crippen LogP contribution < -0.4 is 4.72 Å². The van der Waals surface area contributed by atoms with Gasteiger partial charge in [-0.05, 0) is 55.5 Å². The normalized spacial score (nSPS) is 16.3. The van der Waals surface area contributed by atoms with Crippen molar-refractivity contribution in [2.75, 3.05) is 19.6 Å². The van der Waals surface area contributed by atoms with Crippen molar-refractivity contribution < 1.29 is 17.6 Å². The van der Waals surface area contributed by atoms with Gasteiger partial charge in [-0.3, -0.25) is 4.79 Å². The van der Waals surface area contributed by atoms with Gasteiger partial charge in [-0.2, -0.15) is 0 Å². The number of carbonyl (C=O) groups is 1. The highest BCUT2D eigenvalue weighted by atomic mass is 32.2. The molecule has 2 aromatic heterocycles. The molecule has 0 saturated carbocycles. The summed E-state index contributed by atoms with van der Waals surface area (Å²) < 4.78 is 33.1. The lowest BCUT2D eigenvalue weighted by molar-refractivity contribution is -0.127. The van der Waals surface area contributed by atoms with Crippen LogP contribution >= 0.6 is 11.3 Å². The minimum absolute atomic E-state index is 0.0453. The number of aryl methyl sites for hydroxylation is 1. The Kier molecular flexibility index (Phi) is 6.51. The molecule has 0 atom stereocenters. The number of nitrogens with one attached hydrogen (secondary N) is 1. The number of furan rings is 1. The smallest absolute Gasteiger partial charge is 0.250 e. The predicted octanol–water partition coefficient (Wildman–Crippen LogP) is 3.13. The quantitative estimate of drug-likeness (QED) is 0.714. The molecule has 3 heterocycles. The van der Waals surface area contributed by atoms with Crippen LogP contribution in [0, 0.1) is 5.92 Å². The van der Waals surface area contributed by atoms with E-state index in [1.54, 1.807) is 35.4 Å². The third-order valence-electron chi connectivity index (χ3n) is 4.67. The van der Waals surface area contributed by atoms with Crippen LogP contribution in [0.25, 0.3) is 6.08 Å². The van der Waals surface area contributed by atoms with Gasteiger partial charge in [0.2, 0.25) is 15.9 Å². The van der Waals surface area contributed by atoms with Crippen LogP contribution in [0.15, 0.2) is 45.2 Å². The van der Waals surface area contributed by atoms with Gasteiger partial charge in [0.1, 0.15) is 9.97 Å². The number of amides is 1. The van der Waals surface area contributed by atoms with Gasteiger partial charge in [-0.1, -0.05) is 6.92 Å². The van der Waals surface area contributed by atoms with Crippen LogP contribution in [0.1, 0.15) is 30.4 Å². The van der Waals surface area contributed by atoms with Crippen molar-refractivity contribution in [1.82, 2.24) is 9.62 Å². The predicted molar refractivity (Wildman–Crippen MR) is 106 cm³/mol. The topological polar surface area (TPSA) is 79.6 Å². The Morgan fingerprint density at radius 3 is 2.74 bits per heavy atom. The van der Waals surface area contributed by atoms with Crippen LogP contribution in [0.2, 0.25) is 0 Å². The molecule has 1 aliphatic rings. The molecule has 0 bridgehead atoms. The first-order valence-electron chi connectivity index (χ1n) is 9.07. The lowest BCUT2D eigenvalue weighted by atomic mass is 9.97. The summed E-state index contributed by atoms with van der Waals surface area (Å²) in [6.45, 7) is 3.68. The first-order chi connectivity index (χ1) is 13.0. The Bertz CT molecular complexity index is 877. The molecular formula is C19H24N2O4S2. The summed E-state index contributed by atoms with van der Waals surface area (Å²) in [4.78, 5) is 15.1. The standard InChI is InChI=1S/C19H24N2O4S2/c1-2-17-6-8-19(26-17)27(23,24)20-14-15-9-11-21(12-10-15)18(22)7-5-16-4-3-13-25-16/h3-8,13,15,20H,2,9-12,14H2,1H3/b7-5+. The van der Waals surface area contributed by atoms with E-state index >= 15 is 0 Å². The van der Waals surface area contributed by atoms with Gasteiger partial charge in [-0.25, -0.2) is 13.1 Å². The Hall–Kier alpha value is -1.90. The van der Waals surface area contributed by atoms with Crippen LogP contribution in [-0.2, 0) is 21.2 Å². The molecule has 1 aliphatic heterocycles. The van der Waals surface area contributed by atoms with Crippen molar-refractivity contribution in [3.8, 4) is 0 Å². The fourth-order valence-corrected chi connectivity index (χ4v) is 5.45. The summed E-state index contributed by atoms with van der Waals surface area (Å²) in [6, 6.07) is 7.09. The van der Waals surface area contributed by atoms with Gasteiger partial charge >= 0.3 is 0 Å². The van der Waals surface area contributed by atoms with Gasteiger partial charge in [0.25, 0.3) is 0 Å².